The number of likely N-dealkylation sites (tertiary alicyclic amines) is 1. The minimum absolute atomic E-state index is 0.102. The van der Waals surface area contributed by atoms with Gasteiger partial charge >= 0.3 is 0 Å². The molecule has 21 heavy (non-hydrogen) atoms. The topological polar surface area (TPSA) is 32.3 Å². The fourth-order valence-corrected chi connectivity index (χ4v) is 4.92. The second kappa shape index (κ2) is 6.28. The molecule has 1 N–H and O–H groups in total. The number of nitrogens with zero attached hydrogens (tertiary/aromatic N) is 1. The van der Waals surface area contributed by atoms with Crippen LogP contribution in [-0.2, 0) is 4.79 Å². The van der Waals surface area contributed by atoms with Crippen LogP contribution in [0.25, 0.3) is 0 Å². The molecule has 0 bridgehead atoms. The van der Waals surface area contributed by atoms with Crippen LogP contribution in [0.2, 0.25) is 0 Å². The molecule has 2 saturated heterocycles. The van der Waals surface area contributed by atoms with Crippen LogP contribution in [0, 0.1) is 10.8 Å². The molecule has 2 aliphatic heterocycles. The van der Waals surface area contributed by atoms with Crippen LogP contribution in [-0.4, -0.2) is 37.0 Å². The SMILES string of the molecule is CCC1(C(=O)N2CCC3(CCCCC3)CC2)CCCNC1. The van der Waals surface area contributed by atoms with Crippen molar-refractivity contribution >= 4 is 5.91 Å². The summed E-state index contributed by atoms with van der Waals surface area (Å²) in [7, 11) is 0. The van der Waals surface area contributed by atoms with E-state index in [1.54, 1.807) is 0 Å². The van der Waals surface area contributed by atoms with Crippen LogP contribution < -0.4 is 5.32 Å². The largest absolute Gasteiger partial charge is 0.342 e. The van der Waals surface area contributed by atoms with E-state index in [1.807, 2.05) is 0 Å². The molecule has 2 heterocycles. The van der Waals surface area contributed by atoms with E-state index in [9.17, 15) is 4.79 Å². The Morgan fingerprint density at radius 3 is 2.29 bits per heavy atom. The molecule has 3 aliphatic rings. The van der Waals surface area contributed by atoms with Crippen molar-refractivity contribution in [2.75, 3.05) is 26.2 Å². The van der Waals surface area contributed by atoms with Crippen molar-refractivity contribution in [3.63, 3.8) is 0 Å². The molecule has 1 saturated carbocycles. The lowest BCUT2D eigenvalue weighted by molar-refractivity contribution is -0.146. The first kappa shape index (κ1) is 15.3. The molecule has 1 unspecified atom stereocenters. The van der Waals surface area contributed by atoms with Crippen LogP contribution in [0.3, 0.4) is 0 Å². The van der Waals surface area contributed by atoms with E-state index in [1.165, 1.54) is 44.9 Å². The van der Waals surface area contributed by atoms with Gasteiger partial charge in [0.25, 0.3) is 0 Å². The standard InChI is InChI=1S/C18H32N2O/c1-2-18(9-6-12-19-15-18)16(21)20-13-10-17(11-14-20)7-4-3-5-8-17/h19H,2-15H2,1H3. The van der Waals surface area contributed by atoms with Crippen molar-refractivity contribution in [1.82, 2.24) is 10.2 Å². The summed E-state index contributed by atoms with van der Waals surface area (Å²) in [6, 6.07) is 0. The Labute approximate surface area is 129 Å². The zero-order valence-corrected chi connectivity index (χ0v) is 13.8. The van der Waals surface area contributed by atoms with E-state index in [0.717, 1.165) is 45.4 Å². The van der Waals surface area contributed by atoms with Crippen molar-refractivity contribution in [3.8, 4) is 0 Å². The molecule has 0 aromatic carbocycles. The van der Waals surface area contributed by atoms with E-state index in [2.05, 4.69) is 17.1 Å². The first-order valence-electron chi connectivity index (χ1n) is 9.20. The van der Waals surface area contributed by atoms with E-state index in [0.29, 0.717) is 11.3 Å². The molecule has 1 amide bonds. The van der Waals surface area contributed by atoms with Crippen molar-refractivity contribution in [2.45, 2.75) is 71.1 Å². The molecule has 0 radical (unpaired) electrons. The summed E-state index contributed by atoms with van der Waals surface area (Å²) in [5, 5.41) is 3.46. The fourth-order valence-electron chi connectivity index (χ4n) is 4.92. The molecule has 3 nitrogen and oxygen atoms in total. The summed E-state index contributed by atoms with van der Waals surface area (Å²) in [5.74, 6) is 0.447. The van der Waals surface area contributed by atoms with Crippen LogP contribution in [0.1, 0.15) is 71.1 Å². The monoisotopic (exact) mass is 292 g/mol. The first-order chi connectivity index (χ1) is 10.2. The van der Waals surface area contributed by atoms with Gasteiger partial charge in [0.05, 0.1) is 5.41 Å². The second-order valence-corrected chi connectivity index (χ2v) is 7.77. The molecule has 1 atom stereocenters. The lowest BCUT2D eigenvalue weighted by Gasteiger charge is -2.47. The average molecular weight is 292 g/mol. The molecule has 3 fully saturated rings. The van der Waals surface area contributed by atoms with Crippen LogP contribution in [0.4, 0.5) is 0 Å². The van der Waals surface area contributed by atoms with Gasteiger partial charge < -0.3 is 10.2 Å². The molecular formula is C18H32N2O. The smallest absolute Gasteiger partial charge is 0.230 e. The maximum atomic E-state index is 13.1. The van der Waals surface area contributed by atoms with Gasteiger partial charge in [0, 0.05) is 19.6 Å². The lowest BCUT2D eigenvalue weighted by Crippen LogP contribution is -2.54. The van der Waals surface area contributed by atoms with Gasteiger partial charge in [-0.25, -0.2) is 0 Å². The van der Waals surface area contributed by atoms with Crippen molar-refractivity contribution in [3.05, 3.63) is 0 Å². The Morgan fingerprint density at radius 2 is 1.71 bits per heavy atom. The minimum atomic E-state index is -0.102. The van der Waals surface area contributed by atoms with Crippen LogP contribution in [0.5, 0.6) is 0 Å². The average Bonchev–Trinajstić information content (AvgIpc) is 2.56. The third-order valence-corrected chi connectivity index (χ3v) is 6.63. The molecule has 1 spiro atoms. The highest BCUT2D eigenvalue weighted by Gasteiger charge is 2.43. The number of hydrogen-bond donors (Lipinski definition) is 1. The minimum Gasteiger partial charge on any atom is -0.342 e. The normalized spacial score (nSPS) is 33.1. The third kappa shape index (κ3) is 2.99. The predicted molar refractivity (Wildman–Crippen MR) is 86.2 cm³/mol. The van der Waals surface area contributed by atoms with E-state index >= 15 is 0 Å². The van der Waals surface area contributed by atoms with E-state index in [-0.39, 0.29) is 5.41 Å². The second-order valence-electron chi connectivity index (χ2n) is 7.77. The number of rotatable bonds is 2. The molecule has 3 rings (SSSR count). The van der Waals surface area contributed by atoms with Gasteiger partial charge in [-0.3, -0.25) is 4.79 Å². The maximum Gasteiger partial charge on any atom is 0.230 e. The number of amides is 1. The van der Waals surface area contributed by atoms with Gasteiger partial charge in [0.15, 0.2) is 0 Å². The zero-order chi connectivity index (χ0) is 14.8. The zero-order valence-electron chi connectivity index (χ0n) is 13.8. The van der Waals surface area contributed by atoms with Crippen LogP contribution in [0.15, 0.2) is 0 Å². The van der Waals surface area contributed by atoms with Crippen molar-refractivity contribution in [1.29, 1.82) is 0 Å². The molecule has 0 aromatic heterocycles. The van der Waals surface area contributed by atoms with Gasteiger partial charge in [-0.15, -0.1) is 0 Å². The van der Waals surface area contributed by atoms with Gasteiger partial charge in [-0.1, -0.05) is 26.2 Å². The van der Waals surface area contributed by atoms with E-state index < -0.39 is 0 Å². The first-order valence-corrected chi connectivity index (χ1v) is 9.20. The lowest BCUT2D eigenvalue weighted by atomic mass is 9.67. The highest BCUT2D eigenvalue weighted by atomic mass is 16.2. The number of piperidine rings is 2. The van der Waals surface area contributed by atoms with Crippen LogP contribution >= 0.6 is 0 Å². The molecule has 3 heteroatoms. The molecule has 1 aliphatic carbocycles. The summed E-state index contributed by atoms with van der Waals surface area (Å²) in [6.45, 7) is 6.20. The van der Waals surface area contributed by atoms with Crippen molar-refractivity contribution in [2.24, 2.45) is 10.8 Å². The summed E-state index contributed by atoms with van der Waals surface area (Å²) in [6.07, 6.45) is 12.8. The Morgan fingerprint density at radius 1 is 1.00 bits per heavy atom. The number of nitrogens with one attached hydrogen (secondary N) is 1. The summed E-state index contributed by atoms with van der Waals surface area (Å²) in [4.78, 5) is 15.3. The van der Waals surface area contributed by atoms with E-state index in [4.69, 9.17) is 0 Å². The summed E-state index contributed by atoms with van der Waals surface area (Å²) >= 11 is 0. The van der Waals surface area contributed by atoms with Crippen molar-refractivity contribution < 1.29 is 4.79 Å². The highest BCUT2D eigenvalue weighted by molar-refractivity contribution is 5.83. The number of hydrogen-bond acceptors (Lipinski definition) is 2. The quantitative estimate of drug-likeness (QED) is 0.846. The van der Waals surface area contributed by atoms with Gasteiger partial charge in [0.2, 0.25) is 5.91 Å². The van der Waals surface area contributed by atoms with Gasteiger partial charge in [0.1, 0.15) is 0 Å². The Kier molecular flexibility index (Phi) is 4.58. The predicted octanol–water partition coefficient (Wildman–Crippen LogP) is 3.34. The number of carbonyl (C=O) groups is 1. The third-order valence-electron chi connectivity index (χ3n) is 6.63. The Balaban J connectivity index is 1.61. The molecule has 120 valence electrons. The molecule has 0 aromatic rings. The summed E-state index contributed by atoms with van der Waals surface area (Å²) < 4.78 is 0. The number of carbonyl (C=O) groups excluding carboxylic acids is 1. The summed E-state index contributed by atoms with van der Waals surface area (Å²) in [5.41, 5.74) is 0.495. The fraction of sp³-hybridized carbons (Fsp3) is 0.944. The highest BCUT2D eigenvalue weighted by Crippen LogP contribution is 2.45. The van der Waals surface area contributed by atoms with Gasteiger partial charge in [-0.2, -0.15) is 0 Å². The Bertz CT molecular complexity index is 357. The van der Waals surface area contributed by atoms with Gasteiger partial charge in [-0.05, 0) is 56.9 Å². The Hall–Kier alpha value is -0.570. The molecular weight excluding hydrogens is 260 g/mol. The maximum absolute atomic E-state index is 13.1.